The predicted molar refractivity (Wildman–Crippen MR) is 41.5 cm³/mol. The van der Waals surface area contributed by atoms with Gasteiger partial charge in [-0.05, 0) is 6.42 Å². The summed E-state index contributed by atoms with van der Waals surface area (Å²) < 4.78 is 39.4. The van der Waals surface area contributed by atoms with Crippen molar-refractivity contribution in [3.63, 3.8) is 0 Å². The van der Waals surface area contributed by atoms with Crippen LogP contribution < -0.4 is 5.32 Å². The van der Waals surface area contributed by atoms with Crippen molar-refractivity contribution in [1.82, 2.24) is 5.32 Å². The minimum Gasteiger partial charge on any atom is -0.450 e. The number of carbonyl (C=O) groups is 1. The summed E-state index contributed by atoms with van der Waals surface area (Å²) in [6, 6.07) is 0. The highest BCUT2D eigenvalue weighted by atomic mass is 19.4. The fraction of sp³-hybridized carbons (Fsp3) is 0.857. The molecule has 1 amide bonds. The summed E-state index contributed by atoms with van der Waals surface area (Å²) in [6.07, 6.45) is -7.70. The monoisotopic (exact) mass is 215 g/mol. The normalized spacial score (nSPS) is 13.5. The Balaban J connectivity index is 3.72. The van der Waals surface area contributed by atoms with Crippen molar-refractivity contribution in [3.05, 3.63) is 0 Å². The Morgan fingerprint density at radius 1 is 1.57 bits per heavy atom. The van der Waals surface area contributed by atoms with E-state index in [4.69, 9.17) is 5.11 Å². The molecule has 1 atom stereocenters. The third-order valence-electron chi connectivity index (χ3n) is 1.30. The van der Waals surface area contributed by atoms with Gasteiger partial charge in [0.25, 0.3) is 0 Å². The molecular formula is C7H12F3NO3. The number of aliphatic hydroxyl groups excluding tert-OH is 1. The van der Waals surface area contributed by atoms with Crippen LogP contribution >= 0.6 is 0 Å². The van der Waals surface area contributed by atoms with Crippen LogP contribution in [0.1, 0.15) is 19.8 Å². The minimum atomic E-state index is -4.87. The summed E-state index contributed by atoms with van der Waals surface area (Å²) in [5.41, 5.74) is 0. The first-order valence-corrected chi connectivity index (χ1v) is 4.06. The topological polar surface area (TPSA) is 58.6 Å². The molecule has 7 heteroatoms. The van der Waals surface area contributed by atoms with E-state index in [1.54, 1.807) is 0 Å². The number of aliphatic hydroxyl groups is 1. The van der Waals surface area contributed by atoms with Gasteiger partial charge in [0.2, 0.25) is 6.23 Å². The Labute approximate surface area is 79.0 Å². The number of alkyl halides is 3. The minimum absolute atomic E-state index is 0.0346. The van der Waals surface area contributed by atoms with Crippen LogP contribution in [0.2, 0.25) is 0 Å². The molecule has 0 aliphatic heterocycles. The van der Waals surface area contributed by atoms with Crippen LogP contribution in [0.4, 0.5) is 18.0 Å². The number of hydrogen-bond donors (Lipinski definition) is 2. The Kier molecular flexibility index (Phi) is 5.29. The average Bonchev–Trinajstić information content (AvgIpc) is 2.03. The van der Waals surface area contributed by atoms with Gasteiger partial charge in [-0.15, -0.1) is 0 Å². The van der Waals surface area contributed by atoms with Crippen molar-refractivity contribution in [1.29, 1.82) is 0 Å². The fourth-order valence-corrected chi connectivity index (χ4v) is 0.544. The van der Waals surface area contributed by atoms with Crippen molar-refractivity contribution >= 4 is 6.09 Å². The van der Waals surface area contributed by atoms with Gasteiger partial charge in [-0.25, -0.2) is 4.79 Å². The maximum Gasteiger partial charge on any atom is 0.433 e. The molecule has 0 unspecified atom stereocenters. The number of ether oxygens (including phenoxy) is 1. The van der Waals surface area contributed by atoms with E-state index in [0.717, 1.165) is 6.42 Å². The average molecular weight is 215 g/mol. The zero-order valence-electron chi connectivity index (χ0n) is 7.60. The number of carbonyl (C=O) groups excluding carboxylic acids is 1. The quantitative estimate of drug-likeness (QED) is 0.550. The Bertz CT molecular complexity index is 184. The standard InChI is InChI=1S/C7H12F3NO3/c1-2-3-4-14-6(13)11-5(12)7(8,9)10/h5,12H,2-4H2,1H3,(H,11,13)/t5-/m1/s1. The SMILES string of the molecule is CCCCOC(=O)N[C@H](O)C(F)(F)F. The third-order valence-corrected chi connectivity index (χ3v) is 1.30. The molecule has 0 aliphatic rings. The number of amides is 1. The van der Waals surface area contributed by atoms with Gasteiger partial charge in [-0.1, -0.05) is 13.3 Å². The molecule has 0 rings (SSSR count). The van der Waals surface area contributed by atoms with Gasteiger partial charge in [0.15, 0.2) is 0 Å². The van der Waals surface area contributed by atoms with Crippen molar-refractivity contribution in [3.8, 4) is 0 Å². The molecule has 0 aromatic heterocycles. The molecule has 4 nitrogen and oxygen atoms in total. The molecule has 0 saturated carbocycles. The van der Waals surface area contributed by atoms with Gasteiger partial charge in [0, 0.05) is 0 Å². The van der Waals surface area contributed by atoms with E-state index in [2.05, 4.69) is 4.74 Å². The van der Waals surface area contributed by atoms with Crippen LogP contribution in [0.3, 0.4) is 0 Å². The van der Waals surface area contributed by atoms with E-state index < -0.39 is 18.5 Å². The van der Waals surface area contributed by atoms with E-state index >= 15 is 0 Å². The maximum absolute atomic E-state index is 11.7. The van der Waals surface area contributed by atoms with Gasteiger partial charge in [0.05, 0.1) is 6.61 Å². The molecule has 0 aliphatic carbocycles. The van der Waals surface area contributed by atoms with Gasteiger partial charge in [0.1, 0.15) is 0 Å². The number of unbranched alkanes of at least 4 members (excludes halogenated alkanes) is 1. The van der Waals surface area contributed by atoms with E-state index in [9.17, 15) is 18.0 Å². The zero-order chi connectivity index (χ0) is 11.2. The first-order valence-electron chi connectivity index (χ1n) is 4.06. The highest BCUT2D eigenvalue weighted by molar-refractivity contribution is 5.67. The second-order valence-electron chi connectivity index (χ2n) is 2.58. The van der Waals surface area contributed by atoms with E-state index in [-0.39, 0.29) is 6.61 Å². The molecule has 0 saturated heterocycles. The number of halogens is 3. The third kappa shape index (κ3) is 5.63. The second kappa shape index (κ2) is 5.69. The summed E-state index contributed by atoms with van der Waals surface area (Å²) in [4.78, 5) is 10.6. The summed E-state index contributed by atoms with van der Waals surface area (Å²) >= 11 is 0. The molecule has 14 heavy (non-hydrogen) atoms. The summed E-state index contributed by atoms with van der Waals surface area (Å²) in [6.45, 7) is 1.87. The van der Waals surface area contributed by atoms with E-state index in [1.165, 1.54) is 5.32 Å². The van der Waals surface area contributed by atoms with Gasteiger partial charge in [-0.2, -0.15) is 13.2 Å². The molecule has 0 radical (unpaired) electrons. The molecule has 0 heterocycles. The van der Waals surface area contributed by atoms with E-state index in [0.29, 0.717) is 6.42 Å². The van der Waals surface area contributed by atoms with Gasteiger partial charge >= 0.3 is 12.3 Å². The summed E-state index contributed by atoms with van der Waals surface area (Å²) in [5.74, 6) is 0. The fourth-order valence-electron chi connectivity index (χ4n) is 0.544. The number of rotatable bonds is 4. The smallest absolute Gasteiger partial charge is 0.433 e. The number of nitrogens with one attached hydrogen (secondary N) is 1. The Morgan fingerprint density at radius 3 is 2.57 bits per heavy atom. The van der Waals surface area contributed by atoms with Crippen LogP contribution in [0.5, 0.6) is 0 Å². The molecule has 0 fully saturated rings. The lowest BCUT2D eigenvalue weighted by Gasteiger charge is -2.15. The largest absolute Gasteiger partial charge is 0.450 e. The molecule has 84 valence electrons. The highest BCUT2D eigenvalue weighted by Crippen LogP contribution is 2.17. The second-order valence-corrected chi connectivity index (χ2v) is 2.58. The van der Waals surface area contributed by atoms with Crippen molar-refractivity contribution < 1.29 is 27.8 Å². The Morgan fingerprint density at radius 2 is 2.14 bits per heavy atom. The maximum atomic E-state index is 11.7. The molecule has 0 aromatic carbocycles. The van der Waals surface area contributed by atoms with Gasteiger partial charge < -0.3 is 9.84 Å². The zero-order valence-corrected chi connectivity index (χ0v) is 7.60. The molecule has 0 bridgehead atoms. The van der Waals surface area contributed by atoms with Crippen LogP contribution in [0, 0.1) is 0 Å². The van der Waals surface area contributed by atoms with Crippen LogP contribution in [0.15, 0.2) is 0 Å². The number of alkyl carbamates (subject to hydrolysis) is 1. The van der Waals surface area contributed by atoms with Crippen LogP contribution in [0.25, 0.3) is 0 Å². The lowest BCUT2D eigenvalue weighted by molar-refractivity contribution is -0.210. The molecule has 0 spiro atoms. The summed E-state index contributed by atoms with van der Waals surface area (Å²) in [7, 11) is 0. The van der Waals surface area contributed by atoms with Crippen molar-refractivity contribution in [2.75, 3.05) is 6.61 Å². The van der Waals surface area contributed by atoms with Crippen LogP contribution in [-0.4, -0.2) is 30.2 Å². The highest BCUT2D eigenvalue weighted by Gasteiger charge is 2.39. The first kappa shape index (κ1) is 13.0. The van der Waals surface area contributed by atoms with Gasteiger partial charge in [-0.3, -0.25) is 5.32 Å². The first-order chi connectivity index (χ1) is 6.38. The van der Waals surface area contributed by atoms with Crippen molar-refractivity contribution in [2.45, 2.75) is 32.2 Å². The van der Waals surface area contributed by atoms with E-state index in [1.807, 2.05) is 6.92 Å². The molecule has 2 N–H and O–H groups in total. The molecule has 0 aromatic rings. The summed E-state index contributed by atoms with van der Waals surface area (Å²) in [5, 5.41) is 9.62. The predicted octanol–water partition coefficient (Wildman–Crippen LogP) is 1.39. The van der Waals surface area contributed by atoms with Crippen molar-refractivity contribution in [2.24, 2.45) is 0 Å². The molecular weight excluding hydrogens is 203 g/mol. The number of hydrogen-bond acceptors (Lipinski definition) is 3. The van der Waals surface area contributed by atoms with Crippen LogP contribution in [-0.2, 0) is 4.74 Å². The lowest BCUT2D eigenvalue weighted by atomic mass is 10.4. The Hall–Kier alpha value is -0.980. The lowest BCUT2D eigenvalue weighted by Crippen LogP contribution is -2.45.